The molecule has 0 spiro atoms. The lowest BCUT2D eigenvalue weighted by Gasteiger charge is -2.11. The molecule has 8 nitrogen and oxygen atoms in total. The Kier molecular flexibility index (Phi) is 4.02. The Morgan fingerprint density at radius 2 is 2.05 bits per heavy atom. The SMILES string of the molecule is Cc1n[nH]c(C)c1CC(C)C(=O)NCc1n[nH]c(=O)[nH]1. The van der Waals surface area contributed by atoms with Crippen LogP contribution in [0.25, 0.3) is 0 Å². The van der Waals surface area contributed by atoms with Crippen molar-refractivity contribution in [2.75, 3.05) is 0 Å². The number of carbonyl (C=O) groups is 1. The second kappa shape index (κ2) is 5.72. The normalized spacial score (nSPS) is 12.3. The minimum atomic E-state index is -0.382. The second-order valence-corrected chi connectivity index (χ2v) is 4.86. The van der Waals surface area contributed by atoms with E-state index in [1.54, 1.807) is 0 Å². The van der Waals surface area contributed by atoms with Crippen molar-refractivity contribution in [3.05, 3.63) is 33.3 Å². The molecule has 0 radical (unpaired) electrons. The third-order valence-corrected chi connectivity index (χ3v) is 3.22. The van der Waals surface area contributed by atoms with Crippen molar-refractivity contribution in [1.82, 2.24) is 30.7 Å². The van der Waals surface area contributed by atoms with E-state index in [4.69, 9.17) is 0 Å². The van der Waals surface area contributed by atoms with E-state index in [1.807, 2.05) is 20.8 Å². The van der Waals surface area contributed by atoms with Gasteiger partial charge in [-0.25, -0.2) is 9.89 Å². The number of hydrogen-bond acceptors (Lipinski definition) is 4. The largest absolute Gasteiger partial charge is 0.349 e. The summed E-state index contributed by atoms with van der Waals surface area (Å²) < 4.78 is 0. The van der Waals surface area contributed by atoms with Crippen LogP contribution in [0.4, 0.5) is 0 Å². The van der Waals surface area contributed by atoms with Crippen LogP contribution >= 0.6 is 0 Å². The number of aryl methyl sites for hydroxylation is 2. The highest BCUT2D eigenvalue weighted by atomic mass is 16.2. The van der Waals surface area contributed by atoms with Gasteiger partial charge in [-0.1, -0.05) is 6.92 Å². The molecular weight excluding hydrogens is 260 g/mol. The van der Waals surface area contributed by atoms with E-state index in [0.717, 1.165) is 17.0 Å². The van der Waals surface area contributed by atoms with E-state index in [0.29, 0.717) is 12.2 Å². The molecule has 0 aliphatic carbocycles. The van der Waals surface area contributed by atoms with Gasteiger partial charge in [0.25, 0.3) is 0 Å². The number of rotatable bonds is 5. The van der Waals surface area contributed by atoms with Crippen LogP contribution in [0, 0.1) is 19.8 Å². The number of nitrogens with one attached hydrogen (secondary N) is 4. The summed E-state index contributed by atoms with van der Waals surface area (Å²) in [7, 11) is 0. The first kappa shape index (κ1) is 14.0. The lowest BCUT2D eigenvalue weighted by atomic mass is 9.99. The average Bonchev–Trinajstić information content (AvgIpc) is 2.96. The van der Waals surface area contributed by atoms with Crippen molar-refractivity contribution in [2.24, 2.45) is 5.92 Å². The summed E-state index contributed by atoms with van der Waals surface area (Å²) in [4.78, 5) is 25.3. The minimum absolute atomic E-state index is 0.0890. The number of carbonyl (C=O) groups excluding carboxylic acids is 1. The van der Waals surface area contributed by atoms with Gasteiger partial charge < -0.3 is 5.32 Å². The van der Waals surface area contributed by atoms with Crippen LogP contribution in [0.1, 0.15) is 29.7 Å². The minimum Gasteiger partial charge on any atom is -0.349 e. The van der Waals surface area contributed by atoms with Gasteiger partial charge in [-0.05, 0) is 25.8 Å². The van der Waals surface area contributed by atoms with E-state index in [1.165, 1.54) is 0 Å². The van der Waals surface area contributed by atoms with Crippen molar-refractivity contribution < 1.29 is 4.79 Å². The molecule has 0 saturated heterocycles. The molecule has 108 valence electrons. The molecule has 4 N–H and O–H groups in total. The smallest absolute Gasteiger partial charge is 0.340 e. The fourth-order valence-corrected chi connectivity index (χ4v) is 2.01. The fourth-order valence-electron chi connectivity index (χ4n) is 2.01. The Hall–Kier alpha value is -2.38. The van der Waals surface area contributed by atoms with Crippen molar-refractivity contribution in [2.45, 2.75) is 33.7 Å². The molecule has 1 unspecified atom stereocenters. The summed E-state index contributed by atoms with van der Waals surface area (Å²) in [6, 6.07) is 0. The molecule has 0 bridgehead atoms. The predicted octanol–water partition coefficient (Wildman–Crippen LogP) is -0.0671. The fraction of sp³-hybridized carbons (Fsp3) is 0.500. The van der Waals surface area contributed by atoms with E-state index < -0.39 is 0 Å². The van der Waals surface area contributed by atoms with Gasteiger partial charge in [0, 0.05) is 11.6 Å². The highest BCUT2D eigenvalue weighted by Gasteiger charge is 2.17. The molecule has 0 saturated carbocycles. The standard InChI is InChI=1S/C12H18N6O2/c1-6(4-9-7(2)15-16-8(9)3)11(19)13-5-10-14-12(20)18-17-10/h6H,4-5H2,1-3H3,(H,13,19)(H,15,16)(H2,14,17,18,20). The molecule has 2 heterocycles. The molecule has 2 aromatic rings. The molecule has 20 heavy (non-hydrogen) atoms. The lowest BCUT2D eigenvalue weighted by molar-refractivity contribution is -0.124. The Balaban J connectivity index is 1.90. The molecule has 0 aliphatic heterocycles. The maximum Gasteiger partial charge on any atom is 0.340 e. The van der Waals surface area contributed by atoms with Gasteiger partial charge in [-0.15, -0.1) is 0 Å². The number of aromatic amines is 3. The van der Waals surface area contributed by atoms with Gasteiger partial charge in [0.15, 0.2) is 0 Å². The quantitative estimate of drug-likeness (QED) is 0.612. The van der Waals surface area contributed by atoms with E-state index >= 15 is 0 Å². The summed E-state index contributed by atoms with van der Waals surface area (Å²) >= 11 is 0. The average molecular weight is 278 g/mol. The monoisotopic (exact) mass is 278 g/mol. The summed E-state index contributed by atoms with van der Waals surface area (Å²) in [5, 5.41) is 15.7. The van der Waals surface area contributed by atoms with Crippen LogP contribution in [0.5, 0.6) is 0 Å². The van der Waals surface area contributed by atoms with E-state index in [-0.39, 0.29) is 24.1 Å². The van der Waals surface area contributed by atoms with Crippen molar-refractivity contribution >= 4 is 5.91 Å². The molecule has 0 aromatic carbocycles. The first-order valence-corrected chi connectivity index (χ1v) is 6.39. The van der Waals surface area contributed by atoms with Gasteiger partial charge in [0.2, 0.25) is 5.91 Å². The van der Waals surface area contributed by atoms with Crippen molar-refractivity contribution in [3.63, 3.8) is 0 Å². The summed E-state index contributed by atoms with van der Waals surface area (Å²) in [5.74, 6) is 0.135. The molecule has 1 amide bonds. The Bertz CT molecular complexity index is 633. The zero-order valence-electron chi connectivity index (χ0n) is 11.7. The van der Waals surface area contributed by atoms with Gasteiger partial charge in [0.1, 0.15) is 5.82 Å². The molecule has 1 atom stereocenters. The van der Waals surface area contributed by atoms with Crippen molar-refractivity contribution in [1.29, 1.82) is 0 Å². The van der Waals surface area contributed by atoms with Crippen LogP contribution in [0.15, 0.2) is 4.79 Å². The first-order chi connectivity index (χ1) is 9.47. The summed E-state index contributed by atoms with van der Waals surface area (Å²) in [5.41, 5.74) is 2.59. The Morgan fingerprint density at radius 3 is 2.60 bits per heavy atom. The number of H-pyrrole nitrogens is 3. The molecule has 0 aliphatic rings. The zero-order valence-corrected chi connectivity index (χ0v) is 11.7. The van der Waals surface area contributed by atoms with Crippen LogP contribution in [0.3, 0.4) is 0 Å². The second-order valence-electron chi connectivity index (χ2n) is 4.86. The van der Waals surface area contributed by atoms with Gasteiger partial charge >= 0.3 is 5.69 Å². The van der Waals surface area contributed by atoms with Gasteiger partial charge in [-0.2, -0.15) is 10.2 Å². The van der Waals surface area contributed by atoms with Crippen molar-refractivity contribution in [3.8, 4) is 0 Å². The molecule has 2 rings (SSSR count). The zero-order chi connectivity index (χ0) is 14.7. The van der Waals surface area contributed by atoms with Crippen LogP contribution < -0.4 is 11.0 Å². The lowest BCUT2D eigenvalue weighted by Crippen LogP contribution is -2.30. The molecule has 2 aromatic heterocycles. The predicted molar refractivity (Wildman–Crippen MR) is 72.0 cm³/mol. The number of aromatic nitrogens is 5. The molecular formula is C12H18N6O2. The maximum atomic E-state index is 12.0. The first-order valence-electron chi connectivity index (χ1n) is 6.39. The van der Waals surface area contributed by atoms with Gasteiger partial charge in [0.05, 0.1) is 12.2 Å². The highest BCUT2D eigenvalue weighted by Crippen LogP contribution is 2.15. The third-order valence-electron chi connectivity index (χ3n) is 3.22. The maximum absolute atomic E-state index is 12.0. The van der Waals surface area contributed by atoms with Crippen LogP contribution in [-0.2, 0) is 17.8 Å². The topological polar surface area (TPSA) is 119 Å². The number of hydrogen-bond donors (Lipinski definition) is 4. The van der Waals surface area contributed by atoms with E-state index in [2.05, 4.69) is 30.7 Å². The molecule has 8 heteroatoms. The summed E-state index contributed by atoms with van der Waals surface area (Å²) in [6.45, 7) is 5.91. The van der Waals surface area contributed by atoms with Gasteiger partial charge in [-0.3, -0.25) is 14.9 Å². The Labute approximate surface area is 115 Å². The highest BCUT2D eigenvalue weighted by molar-refractivity contribution is 5.78. The summed E-state index contributed by atoms with van der Waals surface area (Å²) in [6.07, 6.45) is 0.622. The Morgan fingerprint density at radius 1 is 1.30 bits per heavy atom. The van der Waals surface area contributed by atoms with E-state index in [9.17, 15) is 9.59 Å². The molecule has 0 fully saturated rings. The number of nitrogens with zero attached hydrogens (tertiary/aromatic N) is 2. The van der Waals surface area contributed by atoms with Crippen LogP contribution in [-0.4, -0.2) is 31.3 Å². The number of amides is 1. The van der Waals surface area contributed by atoms with Crippen LogP contribution in [0.2, 0.25) is 0 Å². The third kappa shape index (κ3) is 3.14.